The van der Waals surface area contributed by atoms with Crippen LogP contribution in [0.4, 0.5) is 0 Å². The smallest absolute Gasteiger partial charge is 0.0131 e. The van der Waals surface area contributed by atoms with Gasteiger partial charge in [0.2, 0.25) is 0 Å². The first kappa shape index (κ1) is 125. The zero-order valence-electron chi connectivity index (χ0n) is 107. The van der Waals surface area contributed by atoms with E-state index in [0.29, 0.717) is 0 Å². The van der Waals surface area contributed by atoms with Gasteiger partial charge in [-0.1, -0.05) is 419 Å². The van der Waals surface area contributed by atoms with Gasteiger partial charge < -0.3 is 0 Å². The average molecular weight is 2010 g/mol. The summed E-state index contributed by atoms with van der Waals surface area (Å²) in [7, 11) is 0. The van der Waals surface area contributed by atoms with Crippen LogP contribution in [-0.4, -0.2) is 0 Å². The third-order valence-corrected chi connectivity index (χ3v) is 56.0. The molecule has 145 heavy (non-hydrogen) atoms. The van der Waals surface area contributed by atoms with Gasteiger partial charge in [-0.25, -0.2) is 0 Å². The Morgan fingerprint density at radius 2 is 0.517 bits per heavy atom. The minimum atomic E-state index is 0.733. The number of hydrogen-bond donors (Lipinski definition) is 0. The molecule has 0 aliphatic heterocycles. The van der Waals surface area contributed by atoms with Gasteiger partial charge in [0.15, 0.2) is 0 Å². The fourth-order valence-electron chi connectivity index (χ4n) is 40.1. The Kier molecular flexibility index (Phi) is 47.4. The molecule has 52 unspecified atom stereocenters. The molecule has 1 aromatic carbocycles. The second-order valence-electron chi connectivity index (χ2n) is 61.7. The Morgan fingerprint density at radius 1 is 0.221 bits per heavy atom. The second kappa shape index (κ2) is 54.8. The molecule has 22 aliphatic rings. The van der Waals surface area contributed by atoms with Crippen molar-refractivity contribution in [2.75, 3.05) is 0 Å². The lowest BCUT2D eigenvalue weighted by molar-refractivity contribution is -0.0466. The van der Waals surface area contributed by atoms with Crippen LogP contribution in [0.15, 0.2) is 48.1 Å². The summed E-state index contributed by atoms with van der Waals surface area (Å²) in [6.45, 7) is 119. The monoisotopic (exact) mass is 2000 g/mol. The predicted molar refractivity (Wildman–Crippen MR) is 645 cm³/mol. The maximum Gasteiger partial charge on any atom is -0.0131 e. The van der Waals surface area contributed by atoms with Crippen LogP contribution in [0.1, 0.15) is 503 Å². The van der Waals surface area contributed by atoms with E-state index in [2.05, 4.69) is 382 Å². The highest BCUT2D eigenvalue weighted by Crippen LogP contribution is 2.73. The quantitative estimate of drug-likeness (QED) is 0.189. The van der Waals surface area contributed by atoms with Crippen molar-refractivity contribution in [2.45, 2.75) is 492 Å². The van der Waals surface area contributed by atoms with Crippen LogP contribution >= 0.6 is 0 Å². The van der Waals surface area contributed by atoms with Gasteiger partial charge in [0.05, 0.1) is 0 Å². The molecule has 18 fully saturated rings. The number of benzene rings is 1. The van der Waals surface area contributed by atoms with Crippen LogP contribution in [0, 0.1) is 367 Å². The number of allylic oxidation sites excluding steroid dienone is 4. The van der Waals surface area contributed by atoms with Gasteiger partial charge >= 0.3 is 0 Å². The average Bonchev–Trinajstić information content (AvgIpc) is 1.53. The van der Waals surface area contributed by atoms with E-state index in [4.69, 9.17) is 0 Å². The molecular formula is C145H262. The van der Waals surface area contributed by atoms with Crippen LogP contribution < -0.4 is 0 Å². The molecule has 0 heteroatoms. The summed E-state index contributed by atoms with van der Waals surface area (Å²) in [5.74, 6) is 62.9. The van der Waals surface area contributed by atoms with Crippen molar-refractivity contribution in [2.24, 2.45) is 367 Å². The minimum Gasteiger partial charge on any atom is -0.0846 e. The van der Waals surface area contributed by atoms with Crippen LogP contribution in [0.2, 0.25) is 0 Å². The molecule has 0 radical (unpaired) electrons. The zero-order valence-corrected chi connectivity index (χ0v) is 107. The molecule has 0 N–H and O–H groups in total. The molecule has 22 aliphatic carbocycles. The summed E-state index contributed by atoms with van der Waals surface area (Å²) in [4.78, 5) is 0. The number of hydrogen-bond acceptors (Lipinski definition) is 0. The number of rotatable bonds is 7. The summed E-state index contributed by atoms with van der Waals surface area (Å²) in [6.07, 6.45) is 39.8. The van der Waals surface area contributed by atoms with E-state index in [-0.39, 0.29) is 0 Å². The van der Waals surface area contributed by atoms with Crippen LogP contribution in [0.3, 0.4) is 0 Å². The second-order valence-corrected chi connectivity index (χ2v) is 61.7. The molecule has 18 saturated carbocycles. The topological polar surface area (TPSA) is 0 Å². The molecule has 0 amide bonds. The molecule has 0 nitrogen and oxygen atoms in total. The molecule has 0 heterocycles. The van der Waals surface area contributed by atoms with Gasteiger partial charge in [-0.3, -0.25) is 0 Å². The standard InChI is InChI=1S/C16H26.C16H30.C16H24.C13H24.C12H22.C12H20.C12H22.C11H20.2C10H20.C9H18.C8H16/c1-7-8(2)12-5-11(7)15-13-6-14(16(12)15)10(4)9(13)3;1-11-5-7-15(9-13(11)3)16-8-6-12(2)14(4)10-16;1-5-11(2)16-10-12(3)13(4)14-8-6-7-9-15(14)16;1-6-9(2)13-7-10(3)12(5)11(4)8-13;2*1-7-8(2)12-6-5-11(7)9(3)10(12)4;1-5-10-9(4)11-6-12(10)8(3)7(11)2;1-6-7(2)11-5-10(6)8(3)9(11)4;1-7-5-9(3)10(4)6-8(7)2;1-5-10-8(3)6-7(2)9(10)4;1-6-5-7(2)9(4)8(6)3;1-5-6(2)8(4)7(5)3/h7-16H,5-6H2,1-4H3;11-16H,5-10H2,1-4H3;6-9,11-13,16H,5,10H2,1-4H3;7,9,11-13H,6,8H2,1-5H3;7-12H,5-6H2,1-4H3;5-12H,1-4H3;7-12H,5-6H2,1-4H3;6-11H,5H2,1-4H3;2*7-10H,5-6H2,1-4H3;6-9H,5H2,1-4H3;5-8H,1-4H3. The lowest BCUT2D eigenvalue weighted by Gasteiger charge is -2.53. The van der Waals surface area contributed by atoms with Gasteiger partial charge in [-0.05, 0) is 500 Å². The first-order valence-corrected chi connectivity index (χ1v) is 66.4. The molecule has 0 aromatic heterocycles. The molecule has 12 bridgehead atoms. The van der Waals surface area contributed by atoms with Crippen molar-refractivity contribution in [3.63, 3.8) is 0 Å². The lowest BCUT2D eigenvalue weighted by atomic mass is 9.52. The Bertz CT molecular complexity index is 3670. The highest BCUT2D eigenvalue weighted by molar-refractivity contribution is 5.36. The largest absolute Gasteiger partial charge is 0.0846 e. The van der Waals surface area contributed by atoms with Crippen molar-refractivity contribution in [3.8, 4) is 0 Å². The van der Waals surface area contributed by atoms with Crippen molar-refractivity contribution in [1.29, 1.82) is 0 Å². The summed E-state index contributed by atoms with van der Waals surface area (Å²) in [6, 6.07) is 9.09. The number of fused-ring (bicyclic) bond motifs is 19. The zero-order chi connectivity index (χ0) is 108. The highest BCUT2D eigenvalue weighted by atomic mass is 14.7. The third kappa shape index (κ3) is 28.0. The van der Waals surface area contributed by atoms with Gasteiger partial charge in [0, 0.05) is 0 Å². The van der Waals surface area contributed by atoms with E-state index in [1.165, 1.54) is 122 Å². The van der Waals surface area contributed by atoms with E-state index >= 15 is 0 Å². The molecule has 842 valence electrons. The van der Waals surface area contributed by atoms with Gasteiger partial charge in [0.1, 0.15) is 0 Å². The summed E-state index contributed by atoms with van der Waals surface area (Å²) < 4.78 is 0. The molecule has 0 saturated heterocycles. The SMILES string of the molecule is CC1C(C)C(C)C1C.CC1C(C)C2C=CC1C(C)C2C.CC1C(C)C2CC1C(C)C2C.CC1C(C)C2CC1C1C3CC(C(C)C3C)C21.CC1C(C)C2CCC1C(C)C2C.CC1CC(C)C(C)C1C.CC1CC(C)C(C)CC1C.CC1CCC(C2CCC(C)C(C)C2)CC1C.CCC(C)C1C=C(C)C(C)C(C)C1.CCC(C)C1CC(C)C(C)c2ccccc21.CCC1C(C)C2CC1C(C)C2C.CCC1C(C)CC(C)C1C. The first-order chi connectivity index (χ1) is 68.0. The first-order valence-electron chi connectivity index (χ1n) is 66.4. The molecule has 52 atom stereocenters. The van der Waals surface area contributed by atoms with Gasteiger partial charge in [-0.15, -0.1) is 0 Å². The fraction of sp³-hybridized carbons (Fsp3) is 0.931. The Morgan fingerprint density at radius 3 is 0.821 bits per heavy atom. The van der Waals surface area contributed by atoms with Crippen molar-refractivity contribution in [1.82, 2.24) is 0 Å². The van der Waals surface area contributed by atoms with E-state index in [1.54, 1.807) is 36.0 Å². The van der Waals surface area contributed by atoms with Crippen molar-refractivity contribution in [3.05, 3.63) is 59.2 Å². The van der Waals surface area contributed by atoms with E-state index in [0.717, 1.165) is 379 Å². The molecule has 0 spiro atoms. The predicted octanol–water partition coefficient (Wildman–Crippen LogP) is 44.2. The maximum absolute atomic E-state index is 2.55. The van der Waals surface area contributed by atoms with E-state index in [9.17, 15) is 0 Å². The van der Waals surface area contributed by atoms with E-state index in [1.807, 2.05) is 0 Å². The summed E-state index contributed by atoms with van der Waals surface area (Å²) in [5.41, 5.74) is 4.85. The maximum atomic E-state index is 2.55. The fourth-order valence-corrected chi connectivity index (χ4v) is 40.1. The Balaban J connectivity index is 0.000000163. The van der Waals surface area contributed by atoms with Crippen LogP contribution in [-0.2, 0) is 0 Å². The van der Waals surface area contributed by atoms with E-state index < -0.39 is 0 Å². The molecule has 23 rings (SSSR count). The van der Waals surface area contributed by atoms with Crippen molar-refractivity contribution < 1.29 is 0 Å². The Hall–Kier alpha value is -1.30. The summed E-state index contributed by atoms with van der Waals surface area (Å²) >= 11 is 0. The molecule has 1 aromatic rings. The highest BCUT2D eigenvalue weighted by Gasteiger charge is 2.67. The van der Waals surface area contributed by atoms with Gasteiger partial charge in [-0.2, -0.15) is 0 Å². The lowest BCUT2D eigenvalue weighted by Crippen LogP contribution is -2.47. The van der Waals surface area contributed by atoms with Gasteiger partial charge in [0.25, 0.3) is 0 Å². The summed E-state index contributed by atoms with van der Waals surface area (Å²) in [5, 5.41) is 0. The Labute approximate surface area is 912 Å². The normalized spacial score (nSPS) is 52.3. The minimum absolute atomic E-state index is 0.733. The van der Waals surface area contributed by atoms with Crippen LogP contribution in [0.25, 0.3) is 0 Å². The molecular weight excluding hydrogens is 1740 g/mol. The van der Waals surface area contributed by atoms with Crippen LogP contribution in [0.5, 0.6) is 0 Å². The van der Waals surface area contributed by atoms with Crippen molar-refractivity contribution >= 4 is 0 Å². The third-order valence-electron chi connectivity index (χ3n) is 56.0.